The molecule has 0 spiro atoms. The van der Waals surface area contributed by atoms with Crippen LogP contribution in [0.25, 0.3) is 0 Å². The van der Waals surface area contributed by atoms with Crippen molar-refractivity contribution in [1.29, 1.82) is 0 Å². The Balaban J connectivity index is 3.63. The zero-order chi connectivity index (χ0) is 10.3. The van der Waals surface area contributed by atoms with E-state index in [-0.39, 0.29) is 0 Å². The molecule has 0 aromatic rings. The van der Waals surface area contributed by atoms with Crippen molar-refractivity contribution in [1.82, 2.24) is 0 Å². The average molecular weight is 189 g/mol. The zero-order valence-corrected chi connectivity index (χ0v) is 7.36. The molecule has 13 heavy (non-hydrogen) atoms. The van der Waals surface area contributed by atoms with Gasteiger partial charge in [0.1, 0.15) is 6.04 Å². The summed E-state index contributed by atoms with van der Waals surface area (Å²) < 4.78 is 4.09. The van der Waals surface area contributed by atoms with E-state index in [0.717, 1.165) is 12.8 Å². The third-order valence-corrected chi connectivity index (χ3v) is 1.47. The molecule has 0 rings (SSSR count). The molecule has 6 heteroatoms. The van der Waals surface area contributed by atoms with Gasteiger partial charge in [0.25, 0.3) is 0 Å². The van der Waals surface area contributed by atoms with Crippen molar-refractivity contribution in [2.45, 2.75) is 25.3 Å². The van der Waals surface area contributed by atoms with Crippen LogP contribution in [-0.2, 0) is 9.53 Å². The number of esters is 1. The third kappa shape index (κ3) is 6.06. The minimum Gasteiger partial charge on any atom is -0.375 e. The Morgan fingerprint density at radius 1 is 1.31 bits per heavy atom. The number of ether oxygens (including phenoxy) is 1. The first-order valence-electron chi connectivity index (χ1n) is 4.04. The number of nitrogens with two attached hydrogens (primary N) is 3. The minimum absolute atomic E-state index is 0.448. The van der Waals surface area contributed by atoms with Crippen molar-refractivity contribution >= 4 is 12.1 Å². The molecule has 1 atom stereocenters. The average Bonchev–Trinajstić information content (AvgIpc) is 2.03. The van der Waals surface area contributed by atoms with Crippen LogP contribution in [0.15, 0.2) is 0 Å². The first kappa shape index (κ1) is 11.9. The van der Waals surface area contributed by atoms with Gasteiger partial charge in [-0.25, -0.2) is 9.59 Å². The quantitative estimate of drug-likeness (QED) is 0.293. The fraction of sp³-hybridized carbons (Fsp3) is 0.714. The summed E-state index contributed by atoms with van der Waals surface area (Å²) in [4.78, 5) is 21.0. The van der Waals surface area contributed by atoms with Crippen molar-refractivity contribution in [2.75, 3.05) is 6.54 Å². The lowest BCUT2D eigenvalue weighted by molar-refractivity contribution is -0.138. The Labute approximate surface area is 76.4 Å². The van der Waals surface area contributed by atoms with Crippen LogP contribution in [0.1, 0.15) is 19.3 Å². The van der Waals surface area contributed by atoms with Gasteiger partial charge in [0.05, 0.1) is 0 Å². The first-order chi connectivity index (χ1) is 6.07. The van der Waals surface area contributed by atoms with Gasteiger partial charge in [-0.05, 0) is 19.4 Å². The zero-order valence-electron chi connectivity index (χ0n) is 7.36. The molecule has 1 amide bonds. The van der Waals surface area contributed by atoms with E-state index in [1.165, 1.54) is 0 Å². The second-order valence-electron chi connectivity index (χ2n) is 2.63. The van der Waals surface area contributed by atoms with Gasteiger partial charge in [-0.15, -0.1) is 0 Å². The van der Waals surface area contributed by atoms with Crippen LogP contribution < -0.4 is 17.2 Å². The summed E-state index contributed by atoms with van der Waals surface area (Å²) in [6.45, 7) is 0.553. The van der Waals surface area contributed by atoms with Crippen LogP contribution in [0.2, 0.25) is 0 Å². The summed E-state index contributed by atoms with van der Waals surface area (Å²) in [5.74, 6) is -0.787. The summed E-state index contributed by atoms with van der Waals surface area (Å²) in [7, 11) is 0. The lowest BCUT2D eigenvalue weighted by atomic mass is 10.1. The van der Waals surface area contributed by atoms with Gasteiger partial charge >= 0.3 is 12.1 Å². The molecule has 0 aromatic heterocycles. The third-order valence-electron chi connectivity index (χ3n) is 1.47. The van der Waals surface area contributed by atoms with Gasteiger partial charge in [-0.1, -0.05) is 6.42 Å². The van der Waals surface area contributed by atoms with Gasteiger partial charge in [0.15, 0.2) is 0 Å². The van der Waals surface area contributed by atoms with Crippen molar-refractivity contribution in [3.63, 3.8) is 0 Å². The van der Waals surface area contributed by atoms with E-state index < -0.39 is 18.1 Å². The molecular formula is C7H15N3O3. The van der Waals surface area contributed by atoms with Crippen molar-refractivity contribution in [3.8, 4) is 0 Å². The smallest absolute Gasteiger partial charge is 0.375 e. The number of carbonyl (C=O) groups excluding carboxylic acids is 2. The molecule has 0 saturated carbocycles. The summed E-state index contributed by atoms with van der Waals surface area (Å²) in [6.07, 6.45) is 0.839. The monoisotopic (exact) mass is 189 g/mol. The van der Waals surface area contributed by atoms with Crippen molar-refractivity contribution in [3.05, 3.63) is 0 Å². The normalized spacial score (nSPS) is 12.2. The maximum absolute atomic E-state index is 10.9. The molecule has 0 saturated heterocycles. The predicted molar refractivity (Wildman–Crippen MR) is 46.6 cm³/mol. The number of hydrogen-bond acceptors (Lipinski definition) is 5. The minimum atomic E-state index is -1.13. The molecule has 0 unspecified atom stereocenters. The van der Waals surface area contributed by atoms with E-state index in [1.807, 2.05) is 0 Å². The predicted octanol–water partition coefficient (Wildman–Crippen LogP) is -0.935. The fourth-order valence-corrected chi connectivity index (χ4v) is 0.801. The molecule has 0 aliphatic heterocycles. The van der Waals surface area contributed by atoms with Crippen LogP contribution in [0, 0.1) is 0 Å². The maximum atomic E-state index is 10.9. The second kappa shape index (κ2) is 6.38. The molecule has 0 heterocycles. The van der Waals surface area contributed by atoms with Crippen LogP contribution in [0.5, 0.6) is 0 Å². The summed E-state index contributed by atoms with van der Waals surface area (Å²) in [5.41, 5.74) is 15.3. The highest BCUT2D eigenvalue weighted by Gasteiger charge is 2.16. The molecule has 0 fully saturated rings. The Hall–Kier alpha value is -1.14. The lowest BCUT2D eigenvalue weighted by Crippen LogP contribution is -2.35. The molecule has 0 aliphatic rings. The van der Waals surface area contributed by atoms with Crippen LogP contribution in [0.3, 0.4) is 0 Å². The Kier molecular flexibility index (Phi) is 5.82. The molecule has 0 radical (unpaired) electrons. The Morgan fingerprint density at radius 2 is 1.92 bits per heavy atom. The number of primary amides is 1. The molecular weight excluding hydrogens is 174 g/mol. The van der Waals surface area contributed by atoms with Gasteiger partial charge in [0, 0.05) is 0 Å². The Bertz CT molecular complexity index is 184. The highest BCUT2D eigenvalue weighted by Crippen LogP contribution is 1.99. The van der Waals surface area contributed by atoms with Gasteiger partial charge in [-0.2, -0.15) is 0 Å². The van der Waals surface area contributed by atoms with Gasteiger partial charge < -0.3 is 21.9 Å². The molecule has 6 nitrogen and oxygen atoms in total. The SMILES string of the molecule is NCCCC[C@H](N)C(=O)OC(N)=O. The second-order valence-corrected chi connectivity index (χ2v) is 2.63. The van der Waals surface area contributed by atoms with E-state index in [9.17, 15) is 9.59 Å². The van der Waals surface area contributed by atoms with E-state index in [1.54, 1.807) is 0 Å². The first-order valence-corrected chi connectivity index (χ1v) is 4.04. The van der Waals surface area contributed by atoms with Gasteiger partial charge in [0.2, 0.25) is 0 Å². The standard InChI is InChI=1S/C7H15N3O3/c8-4-2-1-3-5(9)6(11)13-7(10)12/h5H,1-4,8-9H2,(H2,10,12)/t5-/m0/s1. The fourth-order valence-electron chi connectivity index (χ4n) is 0.801. The molecule has 0 aliphatic carbocycles. The molecule has 0 bridgehead atoms. The molecule has 0 aromatic carbocycles. The van der Waals surface area contributed by atoms with E-state index in [0.29, 0.717) is 13.0 Å². The van der Waals surface area contributed by atoms with Crippen molar-refractivity contribution in [2.24, 2.45) is 17.2 Å². The van der Waals surface area contributed by atoms with Crippen molar-refractivity contribution < 1.29 is 14.3 Å². The van der Waals surface area contributed by atoms with E-state index in [4.69, 9.17) is 11.5 Å². The highest BCUT2D eigenvalue weighted by molar-refractivity contribution is 5.86. The number of carbonyl (C=O) groups is 2. The van der Waals surface area contributed by atoms with E-state index in [2.05, 4.69) is 10.5 Å². The summed E-state index contributed by atoms with van der Waals surface area (Å²) in [6, 6.07) is -0.793. The topological polar surface area (TPSA) is 121 Å². The lowest BCUT2D eigenvalue weighted by Gasteiger charge is -2.07. The number of rotatable bonds is 5. The largest absolute Gasteiger partial charge is 0.412 e. The Morgan fingerprint density at radius 3 is 2.38 bits per heavy atom. The maximum Gasteiger partial charge on any atom is 0.412 e. The van der Waals surface area contributed by atoms with Crippen LogP contribution in [-0.4, -0.2) is 24.6 Å². The highest BCUT2D eigenvalue weighted by atomic mass is 16.6. The number of amides is 1. The van der Waals surface area contributed by atoms with Gasteiger partial charge in [-0.3, -0.25) is 0 Å². The number of hydrogen-bond donors (Lipinski definition) is 3. The van der Waals surface area contributed by atoms with Crippen LogP contribution >= 0.6 is 0 Å². The summed E-state index contributed by atoms with van der Waals surface area (Å²) >= 11 is 0. The van der Waals surface area contributed by atoms with E-state index >= 15 is 0 Å². The number of unbranched alkanes of at least 4 members (excludes halogenated alkanes) is 1. The molecule has 6 N–H and O–H groups in total. The van der Waals surface area contributed by atoms with Crippen LogP contribution in [0.4, 0.5) is 4.79 Å². The summed E-state index contributed by atoms with van der Waals surface area (Å²) in [5, 5.41) is 0. The molecule has 76 valence electrons.